The fourth-order valence-electron chi connectivity index (χ4n) is 4.75. The van der Waals surface area contributed by atoms with Gasteiger partial charge in [-0.1, -0.05) is 18.2 Å². The molecule has 1 N–H and O–H groups in total. The van der Waals surface area contributed by atoms with Gasteiger partial charge in [-0.3, -0.25) is 14.5 Å². The predicted molar refractivity (Wildman–Crippen MR) is 124 cm³/mol. The number of anilines is 2. The first kappa shape index (κ1) is 22.1. The Morgan fingerprint density at radius 1 is 1.03 bits per heavy atom. The molecular weight excluding hydrogens is 406 g/mol. The summed E-state index contributed by atoms with van der Waals surface area (Å²) in [5.41, 5.74) is 2.97. The molecule has 0 aromatic heterocycles. The molecule has 0 aliphatic carbocycles. The Labute approximate surface area is 189 Å². The summed E-state index contributed by atoms with van der Waals surface area (Å²) in [5.74, 6) is 1.34. The molecule has 1 atom stereocenters. The third kappa shape index (κ3) is 4.58. The lowest BCUT2D eigenvalue weighted by Gasteiger charge is -2.34. The maximum Gasteiger partial charge on any atom is 0.238 e. The Balaban J connectivity index is 1.30. The number of ether oxygens (including phenoxy) is 2. The molecule has 7 nitrogen and oxygen atoms in total. The van der Waals surface area contributed by atoms with E-state index >= 15 is 0 Å². The van der Waals surface area contributed by atoms with E-state index in [0.29, 0.717) is 23.7 Å². The second kappa shape index (κ2) is 9.61. The van der Waals surface area contributed by atoms with Crippen LogP contribution in [0.3, 0.4) is 0 Å². The van der Waals surface area contributed by atoms with Crippen LogP contribution < -0.4 is 19.7 Å². The Morgan fingerprint density at radius 2 is 1.75 bits per heavy atom. The van der Waals surface area contributed by atoms with Crippen LogP contribution in [0, 0.1) is 5.92 Å². The molecule has 0 radical (unpaired) electrons. The van der Waals surface area contributed by atoms with Gasteiger partial charge in [0.25, 0.3) is 0 Å². The average molecular weight is 438 g/mol. The molecule has 1 unspecified atom stereocenters. The third-order valence-corrected chi connectivity index (χ3v) is 6.42. The molecule has 0 saturated carbocycles. The maximum atomic E-state index is 13.3. The highest BCUT2D eigenvalue weighted by molar-refractivity contribution is 5.98. The average Bonchev–Trinajstić information content (AvgIpc) is 3.14. The molecule has 1 fully saturated rings. The Morgan fingerprint density at radius 3 is 2.47 bits per heavy atom. The van der Waals surface area contributed by atoms with Gasteiger partial charge < -0.3 is 19.7 Å². The highest BCUT2D eigenvalue weighted by Crippen LogP contribution is 2.34. The van der Waals surface area contributed by atoms with Gasteiger partial charge in [0, 0.05) is 29.4 Å². The molecule has 4 rings (SSSR count). The van der Waals surface area contributed by atoms with E-state index in [2.05, 4.69) is 23.2 Å². The van der Waals surface area contributed by atoms with Crippen LogP contribution in [0.15, 0.2) is 42.5 Å². The number of carbonyl (C=O) groups excluding carboxylic acids is 2. The quantitative estimate of drug-likeness (QED) is 0.751. The summed E-state index contributed by atoms with van der Waals surface area (Å²) in [4.78, 5) is 29.9. The number of para-hydroxylation sites is 1. The number of nitrogens with one attached hydrogen (secondary N) is 1. The van der Waals surface area contributed by atoms with Gasteiger partial charge in [-0.25, -0.2) is 0 Å². The molecule has 1 saturated heterocycles. The van der Waals surface area contributed by atoms with Crippen molar-refractivity contribution in [3.05, 3.63) is 48.0 Å². The number of benzene rings is 2. The van der Waals surface area contributed by atoms with Crippen LogP contribution in [0.4, 0.5) is 11.4 Å². The van der Waals surface area contributed by atoms with Crippen LogP contribution in [0.25, 0.3) is 0 Å². The monoisotopic (exact) mass is 437 g/mol. The van der Waals surface area contributed by atoms with Crippen molar-refractivity contribution < 1.29 is 19.1 Å². The van der Waals surface area contributed by atoms with Crippen LogP contribution in [0.1, 0.15) is 25.3 Å². The highest BCUT2D eigenvalue weighted by Gasteiger charge is 2.36. The van der Waals surface area contributed by atoms with Gasteiger partial charge in [0.15, 0.2) is 11.5 Å². The van der Waals surface area contributed by atoms with Crippen molar-refractivity contribution in [1.29, 1.82) is 0 Å². The maximum absolute atomic E-state index is 13.3. The summed E-state index contributed by atoms with van der Waals surface area (Å²) < 4.78 is 10.5. The minimum absolute atomic E-state index is 0.00812. The number of rotatable bonds is 6. The van der Waals surface area contributed by atoms with Crippen LogP contribution in [0.2, 0.25) is 0 Å². The fourth-order valence-corrected chi connectivity index (χ4v) is 4.75. The Bertz CT molecular complexity index is 985. The van der Waals surface area contributed by atoms with Gasteiger partial charge in [-0.2, -0.15) is 0 Å². The molecule has 2 aromatic rings. The van der Waals surface area contributed by atoms with E-state index in [1.54, 1.807) is 32.4 Å². The van der Waals surface area contributed by atoms with Crippen LogP contribution in [-0.2, 0) is 16.0 Å². The molecule has 7 heteroatoms. The van der Waals surface area contributed by atoms with Gasteiger partial charge in [-0.05, 0) is 63.0 Å². The summed E-state index contributed by atoms with van der Waals surface area (Å²) in [7, 11) is 3.14. The van der Waals surface area contributed by atoms with Crippen molar-refractivity contribution >= 4 is 23.2 Å². The van der Waals surface area contributed by atoms with E-state index < -0.39 is 0 Å². The second-order valence-corrected chi connectivity index (χ2v) is 8.56. The van der Waals surface area contributed by atoms with Crippen molar-refractivity contribution in [3.8, 4) is 11.5 Å². The number of piperidine rings is 1. The standard InChI is InChI=1S/C25H31N3O4/c1-17-14-19-6-4-5-7-21(19)28(17)25(30)18-10-12-27(13-11-18)16-24(29)26-20-8-9-22(31-2)23(15-20)32-3/h4-9,15,17-18H,10-14,16H2,1-3H3,(H,26,29). The number of nitrogens with zero attached hydrogens (tertiary/aromatic N) is 2. The first-order valence-electron chi connectivity index (χ1n) is 11.2. The zero-order valence-corrected chi connectivity index (χ0v) is 19.0. The number of hydrogen-bond acceptors (Lipinski definition) is 5. The first-order chi connectivity index (χ1) is 15.5. The fraction of sp³-hybridized carbons (Fsp3) is 0.440. The lowest BCUT2D eigenvalue weighted by Crippen LogP contribution is -2.46. The first-order valence-corrected chi connectivity index (χ1v) is 11.2. The molecule has 2 aromatic carbocycles. The largest absolute Gasteiger partial charge is 0.493 e. The van der Waals surface area contributed by atoms with E-state index in [4.69, 9.17) is 9.47 Å². The number of hydrogen-bond donors (Lipinski definition) is 1. The summed E-state index contributed by atoms with van der Waals surface area (Å²) in [6.07, 6.45) is 2.46. The number of carbonyl (C=O) groups is 2. The third-order valence-electron chi connectivity index (χ3n) is 6.42. The lowest BCUT2D eigenvalue weighted by molar-refractivity contribution is -0.124. The number of amides is 2. The van der Waals surface area contributed by atoms with Gasteiger partial charge in [-0.15, -0.1) is 0 Å². The smallest absolute Gasteiger partial charge is 0.238 e. The van der Waals surface area contributed by atoms with Gasteiger partial charge in [0.05, 0.1) is 20.8 Å². The van der Waals surface area contributed by atoms with Gasteiger partial charge in [0.1, 0.15) is 0 Å². The molecule has 2 aliphatic rings. The van der Waals surface area contributed by atoms with Crippen molar-refractivity contribution in [1.82, 2.24) is 4.90 Å². The summed E-state index contributed by atoms with van der Waals surface area (Å²) in [6.45, 7) is 3.89. The molecular formula is C25H31N3O4. The number of methoxy groups -OCH3 is 2. The minimum atomic E-state index is -0.0795. The second-order valence-electron chi connectivity index (χ2n) is 8.56. The SMILES string of the molecule is COc1ccc(NC(=O)CN2CCC(C(=O)N3c4ccccc4CC3C)CC2)cc1OC. The van der Waals surface area contributed by atoms with Crippen molar-refractivity contribution in [2.75, 3.05) is 44.1 Å². The van der Waals surface area contributed by atoms with E-state index in [1.807, 2.05) is 23.1 Å². The number of fused-ring (bicyclic) bond motifs is 1. The van der Waals surface area contributed by atoms with E-state index in [1.165, 1.54) is 5.56 Å². The summed E-state index contributed by atoms with van der Waals surface area (Å²) in [6, 6.07) is 13.7. The van der Waals surface area contributed by atoms with Crippen molar-refractivity contribution in [3.63, 3.8) is 0 Å². The molecule has 0 spiro atoms. The number of likely N-dealkylation sites (tertiary alicyclic amines) is 1. The Kier molecular flexibility index (Phi) is 6.65. The molecule has 0 bridgehead atoms. The molecule has 2 aliphatic heterocycles. The molecule has 2 heterocycles. The zero-order chi connectivity index (χ0) is 22.7. The van der Waals surface area contributed by atoms with Crippen LogP contribution in [0.5, 0.6) is 11.5 Å². The van der Waals surface area contributed by atoms with Crippen LogP contribution >= 0.6 is 0 Å². The topological polar surface area (TPSA) is 71.1 Å². The van der Waals surface area contributed by atoms with Crippen molar-refractivity contribution in [2.24, 2.45) is 5.92 Å². The van der Waals surface area contributed by atoms with Gasteiger partial charge >= 0.3 is 0 Å². The molecule has 32 heavy (non-hydrogen) atoms. The van der Waals surface area contributed by atoms with E-state index in [0.717, 1.165) is 38.0 Å². The normalized spacial score (nSPS) is 18.8. The van der Waals surface area contributed by atoms with E-state index in [-0.39, 0.29) is 23.8 Å². The summed E-state index contributed by atoms with van der Waals surface area (Å²) >= 11 is 0. The lowest BCUT2D eigenvalue weighted by atomic mass is 9.94. The Hall–Kier alpha value is -3.06. The van der Waals surface area contributed by atoms with Crippen molar-refractivity contribution in [2.45, 2.75) is 32.2 Å². The summed E-state index contributed by atoms with van der Waals surface area (Å²) in [5, 5.41) is 2.92. The van der Waals surface area contributed by atoms with Crippen LogP contribution in [-0.4, -0.2) is 56.6 Å². The minimum Gasteiger partial charge on any atom is -0.493 e. The predicted octanol–water partition coefficient (Wildman–Crippen LogP) is 3.33. The van der Waals surface area contributed by atoms with E-state index in [9.17, 15) is 9.59 Å². The molecule has 170 valence electrons. The van der Waals surface area contributed by atoms with Gasteiger partial charge in [0.2, 0.25) is 11.8 Å². The zero-order valence-electron chi connectivity index (χ0n) is 19.0. The molecule has 2 amide bonds. The highest BCUT2D eigenvalue weighted by atomic mass is 16.5.